The first-order valence-corrected chi connectivity index (χ1v) is 7.90. The van der Waals surface area contributed by atoms with E-state index < -0.39 is 24.4 Å². The third-order valence-corrected chi connectivity index (χ3v) is 3.80. The zero-order chi connectivity index (χ0) is 19.6. The van der Waals surface area contributed by atoms with E-state index in [2.05, 4.69) is 15.0 Å². The minimum absolute atomic E-state index is 0.105. The first kappa shape index (κ1) is 18.4. The van der Waals surface area contributed by atoms with E-state index in [9.17, 15) is 18.4 Å². The monoisotopic (exact) mass is 375 g/mol. The molecule has 0 saturated heterocycles. The van der Waals surface area contributed by atoms with E-state index >= 15 is 0 Å². The Kier molecular flexibility index (Phi) is 5.06. The number of halogens is 2. The molecular formula is C17H15F2N5O3. The number of alkyl halides is 2. The molecule has 10 heteroatoms. The number of oxazole rings is 1. The molecule has 0 bridgehead atoms. The molecule has 3 aromatic heterocycles. The van der Waals surface area contributed by atoms with E-state index in [1.165, 1.54) is 30.8 Å². The molecule has 1 amide bonds. The van der Waals surface area contributed by atoms with Crippen molar-refractivity contribution in [1.29, 1.82) is 0 Å². The van der Waals surface area contributed by atoms with Gasteiger partial charge in [-0.25, -0.2) is 23.7 Å². The highest BCUT2D eigenvalue weighted by molar-refractivity contribution is 5.92. The van der Waals surface area contributed by atoms with Gasteiger partial charge in [0.2, 0.25) is 5.89 Å². The Morgan fingerprint density at radius 1 is 1.37 bits per heavy atom. The second kappa shape index (κ2) is 7.44. The quantitative estimate of drug-likeness (QED) is 0.699. The van der Waals surface area contributed by atoms with Crippen LogP contribution in [0.25, 0.3) is 11.6 Å². The van der Waals surface area contributed by atoms with Crippen molar-refractivity contribution < 1.29 is 18.0 Å². The number of pyridine rings is 1. The maximum absolute atomic E-state index is 12.6. The van der Waals surface area contributed by atoms with Crippen molar-refractivity contribution in [1.82, 2.24) is 19.5 Å². The van der Waals surface area contributed by atoms with Gasteiger partial charge >= 0.3 is 0 Å². The number of carbonyl (C=O) groups excluding carboxylic acids is 1. The number of aryl methyl sites for hydroxylation is 1. The van der Waals surface area contributed by atoms with Crippen molar-refractivity contribution in [3.8, 4) is 11.6 Å². The minimum atomic E-state index is -2.67. The predicted octanol–water partition coefficient (Wildman–Crippen LogP) is 1.56. The molecule has 2 N–H and O–H groups in total. The van der Waals surface area contributed by atoms with E-state index in [0.29, 0.717) is 11.4 Å². The molecule has 0 spiro atoms. The van der Waals surface area contributed by atoms with Crippen LogP contribution in [0, 0.1) is 6.92 Å². The van der Waals surface area contributed by atoms with E-state index in [1.54, 1.807) is 6.92 Å². The summed E-state index contributed by atoms with van der Waals surface area (Å²) in [6.45, 7) is 0.886. The molecule has 0 fully saturated rings. The molecule has 27 heavy (non-hydrogen) atoms. The van der Waals surface area contributed by atoms with Gasteiger partial charge in [0.25, 0.3) is 17.9 Å². The third-order valence-electron chi connectivity index (χ3n) is 3.80. The molecule has 3 heterocycles. The summed E-state index contributed by atoms with van der Waals surface area (Å²) in [7, 11) is 0. The van der Waals surface area contributed by atoms with E-state index in [1.807, 2.05) is 0 Å². The van der Waals surface area contributed by atoms with Gasteiger partial charge in [0.15, 0.2) is 0 Å². The van der Waals surface area contributed by atoms with Crippen molar-refractivity contribution in [3.05, 3.63) is 63.8 Å². The normalized spacial score (nSPS) is 11.1. The lowest BCUT2D eigenvalue weighted by Crippen LogP contribution is -2.27. The number of primary amides is 1. The van der Waals surface area contributed by atoms with Crippen molar-refractivity contribution in [2.45, 2.75) is 26.3 Å². The molecule has 0 aliphatic rings. The number of hydrogen-bond donors (Lipinski definition) is 1. The van der Waals surface area contributed by atoms with Crippen LogP contribution >= 0.6 is 0 Å². The lowest BCUT2D eigenvalue weighted by atomic mass is 10.1. The summed E-state index contributed by atoms with van der Waals surface area (Å²) in [5, 5.41) is 0. The zero-order valence-electron chi connectivity index (χ0n) is 14.2. The lowest BCUT2D eigenvalue weighted by molar-refractivity contribution is 0.0994. The molecule has 0 saturated carbocycles. The van der Waals surface area contributed by atoms with Crippen LogP contribution in [0.3, 0.4) is 0 Å². The first-order chi connectivity index (χ1) is 12.9. The molecule has 0 aliphatic carbocycles. The van der Waals surface area contributed by atoms with Crippen LogP contribution in [0.1, 0.15) is 27.4 Å². The Bertz CT molecular complexity index is 1030. The van der Waals surface area contributed by atoms with Crippen LogP contribution in [0.5, 0.6) is 0 Å². The molecular weight excluding hydrogens is 360 g/mol. The van der Waals surface area contributed by atoms with Crippen molar-refractivity contribution >= 4 is 5.91 Å². The number of aromatic nitrogens is 4. The average Bonchev–Trinajstić information content (AvgIpc) is 3.13. The summed E-state index contributed by atoms with van der Waals surface area (Å²) in [5.74, 6) is -0.621. The highest BCUT2D eigenvalue weighted by Crippen LogP contribution is 2.20. The maximum atomic E-state index is 12.6. The van der Waals surface area contributed by atoms with E-state index in [0.717, 1.165) is 4.57 Å². The van der Waals surface area contributed by atoms with Crippen LogP contribution in [0.15, 0.2) is 40.0 Å². The first-order valence-electron chi connectivity index (χ1n) is 7.90. The van der Waals surface area contributed by atoms with Crippen LogP contribution in [-0.2, 0) is 13.0 Å². The number of nitrogens with zero attached hydrogens (tertiary/aromatic N) is 4. The van der Waals surface area contributed by atoms with Crippen LogP contribution in [0.2, 0.25) is 0 Å². The van der Waals surface area contributed by atoms with Gasteiger partial charge in [0.1, 0.15) is 17.7 Å². The third kappa shape index (κ3) is 3.89. The Labute approximate surface area is 151 Å². The minimum Gasteiger partial charge on any atom is -0.443 e. The number of hydrogen-bond acceptors (Lipinski definition) is 6. The van der Waals surface area contributed by atoms with Crippen molar-refractivity contribution in [3.63, 3.8) is 0 Å². The lowest BCUT2D eigenvalue weighted by Gasteiger charge is -2.11. The topological polar surface area (TPSA) is 117 Å². The predicted molar refractivity (Wildman–Crippen MR) is 90.3 cm³/mol. The standard InChI is InChI=1S/C17H15F2N5O3/c1-9-13(16-21-4-6-27-16)23-11(14(22-9)15(20)25)7-10-3-2-5-24(17(10)26)8-12(18)19/h2-6,12H,7-8H2,1H3,(H2,20,25). The van der Waals surface area contributed by atoms with Crippen LogP contribution in [0.4, 0.5) is 8.78 Å². The van der Waals surface area contributed by atoms with Gasteiger partial charge < -0.3 is 14.7 Å². The second-order valence-corrected chi connectivity index (χ2v) is 5.71. The van der Waals surface area contributed by atoms with Crippen LogP contribution in [-0.4, -0.2) is 31.9 Å². The summed E-state index contributed by atoms with van der Waals surface area (Å²) in [5.41, 5.74) is 5.65. The molecule has 0 unspecified atom stereocenters. The molecule has 0 aromatic carbocycles. The van der Waals surface area contributed by atoms with Crippen molar-refractivity contribution in [2.24, 2.45) is 5.73 Å². The molecule has 0 radical (unpaired) electrons. The van der Waals surface area contributed by atoms with Gasteiger partial charge in [-0.3, -0.25) is 9.59 Å². The van der Waals surface area contributed by atoms with Gasteiger partial charge in [0, 0.05) is 18.2 Å². The van der Waals surface area contributed by atoms with Crippen LogP contribution < -0.4 is 11.3 Å². The van der Waals surface area contributed by atoms with Gasteiger partial charge in [0.05, 0.1) is 24.1 Å². The molecule has 8 nitrogen and oxygen atoms in total. The smallest absolute Gasteiger partial charge is 0.269 e. The summed E-state index contributed by atoms with van der Waals surface area (Å²) >= 11 is 0. The highest BCUT2D eigenvalue weighted by atomic mass is 19.3. The summed E-state index contributed by atoms with van der Waals surface area (Å²) < 4.78 is 31.4. The number of rotatable bonds is 6. The fourth-order valence-electron chi connectivity index (χ4n) is 2.61. The molecule has 3 rings (SSSR count). The van der Waals surface area contributed by atoms with Crippen molar-refractivity contribution in [2.75, 3.05) is 0 Å². The van der Waals surface area contributed by atoms with Gasteiger partial charge in [-0.2, -0.15) is 0 Å². The highest BCUT2D eigenvalue weighted by Gasteiger charge is 2.20. The SMILES string of the molecule is Cc1nc(C(N)=O)c(Cc2cccn(CC(F)F)c2=O)nc1-c1ncco1. The Morgan fingerprint density at radius 2 is 2.15 bits per heavy atom. The summed E-state index contributed by atoms with van der Waals surface area (Å²) in [6.07, 6.45) is 1.28. The Balaban J connectivity index is 2.07. The van der Waals surface area contributed by atoms with E-state index in [-0.39, 0.29) is 29.3 Å². The summed E-state index contributed by atoms with van der Waals surface area (Å²) in [4.78, 5) is 36.7. The summed E-state index contributed by atoms with van der Waals surface area (Å²) in [6, 6.07) is 2.95. The molecule has 0 atom stereocenters. The zero-order valence-corrected chi connectivity index (χ0v) is 14.2. The second-order valence-electron chi connectivity index (χ2n) is 5.71. The molecule has 3 aromatic rings. The Hall–Kier alpha value is -3.43. The van der Waals surface area contributed by atoms with Gasteiger partial charge in [-0.1, -0.05) is 6.07 Å². The fraction of sp³-hybridized carbons (Fsp3) is 0.235. The molecule has 140 valence electrons. The average molecular weight is 375 g/mol. The van der Waals surface area contributed by atoms with E-state index in [4.69, 9.17) is 10.2 Å². The van der Waals surface area contributed by atoms with Gasteiger partial charge in [-0.15, -0.1) is 0 Å². The largest absolute Gasteiger partial charge is 0.443 e. The Morgan fingerprint density at radius 3 is 2.78 bits per heavy atom. The fourth-order valence-corrected chi connectivity index (χ4v) is 2.61. The molecule has 0 aliphatic heterocycles. The number of nitrogens with two attached hydrogens (primary N) is 1. The number of amides is 1. The van der Waals surface area contributed by atoms with Gasteiger partial charge in [-0.05, 0) is 13.0 Å². The number of carbonyl (C=O) groups is 1. The maximum Gasteiger partial charge on any atom is 0.269 e.